The second kappa shape index (κ2) is 5.74. The van der Waals surface area contributed by atoms with E-state index in [0.29, 0.717) is 5.02 Å². The molecule has 0 radical (unpaired) electrons. The van der Waals surface area contributed by atoms with Crippen molar-refractivity contribution in [2.45, 2.75) is 18.4 Å². The third-order valence-corrected chi connectivity index (χ3v) is 4.38. The standard InChI is InChI=1S/C14H14ClNO2S/c1-11-2-8-14(9-3-11)19(17,18)16-10-12-4-6-13(15)7-5-12/h2-9,16H,10H2,1H3. The van der Waals surface area contributed by atoms with E-state index in [1.165, 1.54) is 0 Å². The van der Waals surface area contributed by atoms with E-state index in [4.69, 9.17) is 11.6 Å². The van der Waals surface area contributed by atoms with Crippen LogP contribution >= 0.6 is 11.6 Å². The Kier molecular flexibility index (Phi) is 4.24. The number of hydrogen-bond acceptors (Lipinski definition) is 2. The number of nitrogens with one attached hydrogen (secondary N) is 1. The molecule has 5 heteroatoms. The fraction of sp³-hybridized carbons (Fsp3) is 0.143. The van der Waals surface area contributed by atoms with Crippen molar-refractivity contribution >= 4 is 21.6 Å². The number of aryl methyl sites for hydroxylation is 1. The average Bonchev–Trinajstić information content (AvgIpc) is 2.39. The van der Waals surface area contributed by atoms with Gasteiger partial charge in [0.1, 0.15) is 0 Å². The van der Waals surface area contributed by atoms with Crippen molar-refractivity contribution in [2.24, 2.45) is 0 Å². The molecule has 100 valence electrons. The van der Waals surface area contributed by atoms with Crippen LogP contribution < -0.4 is 4.72 Å². The molecule has 0 unspecified atom stereocenters. The Labute approximate surface area is 118 Å². The predicted octanol–water partition coefficient (Wildman–Crippen LogP) is 3.13. The Hall–Kier alpha value is -1.36. The van der Waals surface area contributed by atoms with Crippen LogP contribution in [0.3, 0.4) is 0 Å². The highest BCUT2D eigenvalue weighted by Gasteiger charge is 2.12. The first-order valence-electron chi connectivity index (χ1n) is 5.78. The summed E-state index contributed by atoms with van der Waals surface area (Å²) in [7, 11) is -3.47. The number of hydrogen-bond donors (Lipinski definition) is 1. The molecule has 2 aromatic rings. The topological polar surface area (TPSA) is 46.2 Å². The number of benzene rings is 2. The van der Waals surface area contributed by atoms with Gasteiger partial charge in [0.05, 0.1) is 4.90 Å². The lowest BCUT2D eigenvalue weighted by Gasteiger charge is -2.07. The van der Waals surface area contributed by atoms with Crippen molar-refractivity contribution in [2.75, 3.05) is 0 Å². The van der Waals surface area contributed by atoms with E-state index in [2.05, 4.69) is 4.72 Å². The molecule has 0 saturated heterocycles. The van der Waals surface area contributed by atoms with Gasteiger partial charge in [0.15, 0.2) is 0 Å². The first-order chi connectivity index (χ1) is 8.97. The van der Waals surface area contributed by atoms with Gasteiger partial charge in [0.2, 0.25) is 10.0 Å². The summed E-state index contributed by atoms with van der Waals surface area (Å²) in [6.45, 7) is 2.16. The molecule has 1 N–H and O–H groups in total. The Balaban J connectivity index is 2.09. The van der Waals surface area contributed by atoms with Gasteiger partial charge >= 0.3 is 0 Å². The van der Waals surface area contributed by atoms with Gasteiger partial charge in [-0.15, -0.1) is 0 Å². The van der Waals surface area contributed by atoms with Crippen molar-refractivity contribution in [1.29, 1.82) is 0 Å². The lowest BCUT2D eigenvalue weighted by Crippen LogP contribution is -2.23. The zero-order chi connectivity index (χ0) is 13.9. The molecule has 0 heterocycles. The molecule has 19 heavy (non-hydrogen) atoms. The van der Waals surface area contributed by atoms with E-state index in [1.54, 1.807) is 48.5 Å². The molecular weight excluding hydrogens is 282 g/mol. The normalized spacial score (nSPS) is 11.5. The summed E-state index contributed by atoms with van der Waals surface area (Å²) in [5, 5.41) is 0.630. The number of sulfonamides is 1. The third-order valence-electron chi connectivity index (χ3n) is 2.71. The fourth-order valence-corrected chi connectivity index (χ4v) is 2.73. The van der Waals surface area contributed by atoms with E-state index < -0.39 is 10.0 Å². The largest absolute Gasteiger partial charge is 0.240 e. The molecule has 2 aromatic carbocycles. The van der Waals surface area contributed by atoms with Crippen LogP contribution in [0.15, 0.2) is 53.4 Å². The summed E-state index contributed by atoms with van der Waals surface area (Å²) < 4.78 is 26.7. The molecule has 0 spiro atoms. The maximum Gasteiger partial charge on any atom is 0.240 e. The van der Waals surface area contributed by atoms with Gasteiger partial charge in [0, 0.05) is 11.6 Å². The van der Waals surface area contributed by atoms with Gasteiger partial charge in [-0.1, -0.05) is 41.4 Å². The van der Waals surface area contributed by atoms with Gasteiger partial charge in [-0.2, -0.15) is 0 Å². The summed E-state index contributed by atoms with van der Waals surface area (Å²) in [6.07, 6.45) is 0. The second-order valence-electron chi connectivity index (χ2n) is 4.26. The second-order valence-corrected chi connectivity index (χ2v) is 6.47. The van der Waals surface area contributed by atoms with E-state index in [1.807, 2.05) is 6.92 Å². The van der Waals surface area contributed by atoms with Crippen molar-refractivity contribution in [1.82, 2.24) is 4.72 Å². The molecule has 3 nitrogen and oxygen atoms in total. The van der Waals surface area contributed by atoms with E-state index in [-0.39, 0.29) is 11.4 Å². The molecule has 0 saturated carbocycles. The highest BCUT2D eigenvalue weighted by Crippen LogP contribution is 2.12. The van der Waals surface area contributed by atoms with Crippen molar-refractivity contribution in [3.8, 4) is 0 Å². The van der Waals surface area contributed by atoms with Crippen LogP contribution in [0, 0.1) is 6.92 Å². The summed E-state index contributed by atoms with van der Waals surface area (Å²) >= 11 is 5.77. The molecule has 0 aliphatic heterocycles. The summed E-state index contributed by atoms with van der Waals surface area (Å²) in [6, 6.07) is 13.8. The van der Waals surface area contributed by atoms with Crippen molar-refractivity contribution < 1.29 is 8.42 Å². The van der Waals surface area contributed by atoms with Gasteiger partial charge in [-0.3, -0.25) is 0 Å². The summed E-state index contributed by atoms with van der Waals surface area (Å²) in [5.41, 5.74) is 1.89. The van der Waals surface area contributed by atoms with E-state index >= 15 is 0 Å². The maximum absolute atomic E-state index is 12.0. The zero-order valence-corrected chi connectivity index (χ0v) is 12.0. The molecule has 0 amide bonds. The van der Waals surface area contributed by atoms with Crippen molar-refractivity contribution in [3.05, 3.63) is 64.7 Å². The summed E-state index contributed by atoms with van der Waals surface area (Å²) in [4.78, 5) is 0.270. The monoisotopic (exact) mass is 295 g/mol. The first-order valence-corrected chi connectivity index (χ1v) is 7.64. The Morgan fingerprint density at radius 3 is 2.16 bits per heavy atom. The molecule has 0 aromatic heterocycles. The van der Waals surface area contributed by atoms with Gasteiger partial charge in [-0.05, 0) is 36.8 Å². The zero-order valence-electron chi connectivity index (χ0n) is 10.4. The minimum atomic E-state index is -3.47. The predicted molar refractivity (Wildman–Crippen MR) is 76.7 cm³/mol. The third kappa shape index (κ3) is 3.80. The van der Waals surface area contributed by atoms with Crippen LogP contribution in [0.5, 0.6) is 0 Å². The number of rotatable bonds is 4. The number of halogens is 1. The van der Waals surface area contributed by atoms with Crippen LogP contribution in [0.1, 0.15) is 11.1 Å². The molecular formula is C14H14ClNO2S. The minimum absolute atomic E-state index is 0.243. The average molecular weight is 296 g/mol. The van der Waals surface area contributed by atoms with Gasteiger partial charge < -0.3 is 0 Å². The molecule has 2 rings (SSSR count). The van der Waals surface area contributed by atoms with Gasteiger partial charge in [-0.25, -0.2) is 13.1 Å². The SMILES string of the molecule is Cc1ccc(S(=O)(=O)NCc2ccc(Cl)cc2)cc1. The Morgan fingerprint density at radius 2 is 1.58 bits per heavy atom. The molecule has 0 bridgehead atoms. The smallest absolute Gasteiger partial charge is 0.207 e. The lowest BCUT2D eigenvalue weighted by atomic mass is 10.2. The van der Waals surface area contributed by atoms with Gasteiger partial charge in [0.25, 0.3) is 0 Å². The van der Waals surface area contributed by atoms with Crippen LogP contribution in [0.2, 0.25) is 5.02 Å². The fourth-order valence-electron chi connectivity index (χ4n) is 1.58. The van der Waals surface area contributed by atoms with Crippen LogP contribution in [-0.4, -0.2) is 8.42 Å². The first kappa shape index (κ1) is 14.1. The van der Waals surface area contributed by atoms with Crippen LogP contribution in [0.4, 0.5) is 0 Å². The molecule has 0 atom stereocenters. The Morgan fingerprint density at radius 1 is 1.00 bits per heavy atom. The van der Waals surface area contributed by atoms with Crippen LogP contribution in [-0.2, 0) is 16.6 Å². The molecule has 0 fully saturated rings. The Bertz CT molecular complexity index is 649. The quantitative estimate of drug-likeness (QED) is 0.942. The maximum atomic E-state index is 12.0. The van der Waals surface area contributed by atoms with Crippen molar-refractivity contribution in [3.63, 3.8) is 0 Å². The molecule has 0 aliphatic rings. The summed E-state index contributed by atoms with van der Waals surface area (Å²) in [5.74, 6) is 0. The van der Waals surface area contributed by atoms with E-state index in [0.717, 1.165) is 11.1 Å². The highest BCUT2D eigenvalue weighted by molar-refractivity contribution is 7.89. The lowest BCUT2D eigenvalue weighted by molar-refractivity contribution is 0.581. The molecule has 0 aliphatic carbocycles. The highest BCUT2D eigenvalue weighted by atomic mass is 35.5. The van der Waals surface area contributed by atoms with Crippen LogP contribution in [0.25, 0.3) is 0 Å². The minimum Gasteiger partial charge on any atom is -0.207 e. The van der Waals surface area contributed by atoms with E-state index in [9.17, 15) is 8.42 Å².